The number of fused-ring (bicyclic) bond motifs is 1. The number of aromatic hydroxyl groups is 1. The maximum Gasteiger partial charge on any atom is 0.190 e. The number of benzene rings is 2. The molecular formula is C28H28O4S. The second-order valence-corrected chi connectivity index (χ2v) is 10.2. The number of aliphatic hydroxyl groups is 1. The molecule has 1 fully saturated rings. The summed E-state index contributed by atoms with van der Waals surface area (Å²) >= 11 is 1.58. The molecule has 2 aromatic carbocycles. The van der Waals surface area contributed by atoms with E-state index in [1.54, 1.807) is 36.0 Å². The van der Waals surface area contributed by atoms with Crippen LogP contribution in [0.5, 0.6) is 11.5 Å². The zero-order chi connectivity index (χ0) is 22.8. The molecule has 0 saturated heterocycles. The van der Waals surface area contributed by atoms with Gasteiger partial charge in [-0.3, -0.25) is 4.79 Å². The number of carbonyl (C=O) groups excluding carboxylic acids is 1. The quantitative estimate of drug-likeness (QED) is 0.470. The van der Waals surface area contributed by atoms with Crippen molar-refractivity contribution in [3.63, 3.8) is 0 Å². The molecule has 170 valence electrons. The molecule has 5 rings (SSSR count). The number of rotatable bonds is 6. The number of phenolic OH excluding ortho intramolecular Hbond substituents is 1. The Morgan fingerprint density at radius 2 is 1.70 bits per heavy atom. The van der Waals surface area contributed by atoms with Gasteiger partial charge in [0.25, 0.3) is 0 Å². The molecule has 2 aliphatic carbocycles. The van der Waals surface area contributed by atoms with E-state index in [1.165, 1.54) is 32.1 Å². The van der Waals surface area contributed by atoms with Gasteiger partial charge in [-0.05, 0) is 72.9 Å². The number of ketones is 1. The van der Waals surface area contributed by atoms with Gasteiger partial charge in [-0.25, -0.2) is 0 Å². The molecule has 2 aromatic rings. The molecule has 2 unspecified atom stereocenters. The smallest absolute Gasteiger partial charge is 0.190 e. The monoisotopic (exact) mass is 460 g/mol. The summed E-state index contributed by atoms with van der Waals surface area (Å²) in [5.74, 6) is 1.72. The van der Waals surface area contributed by atoms with Gasteiger partial charge in [0.05, 0.1) is 6.61 Å². The molecule has 0 bridgehead atoms. The molecule has 0 radical (unpaired) electrons. The summed E-state index contributed by atoms with van der Waals surface area (Å²) in [7, 11) is 0. The zero-order valence-electron chi connectivity index (χ0n) is 18.4. The maximum atomic E-state index is 13.7. The Labute approximate surface area is 198 Å². The number of allylic oxidation sites excluding steroid dienone is 3. The van der Waals surface area contributed by atoms with E-state index in [2.05, 4.69) is 0 Å². The van der Waals surface area contributed by atoms with E-state index >= 15 is 0 Å². The minimum absolute atomic E-state index is 0.0173. The molecular weight excluding hydrogens is 432 g/mol. The number of ether oxygens (including phenoxy) is 1. The molecule has 0 spiro atoms. The molecule has 1 aliphatic heterocycles. The summed E-state index contributed by atoms with van der Waals surface area (Å²) in [5, 5.41) is 19.6. The molecule has 2 atom stereocenters. The van der Waals surface area contributed by atoms with Crippen molar-refractivity contribution in [3.8, 4) is 11.5 Å². The van der Waals surface area contributed by atoms with Gasteiger partial charge in [-0.2, -0.15) is 0 Å². The fraction of sp³-hybridized carbons (Fsp3) is 0.321. The lowest BCUT2D eigenvalue weighted by atomic mass is 9.85. The summed E-state index contributed by atoms with van der Waals surface area (Å²) in [6, 6.07) is 14.4. The summed E-state index contributed by atoms with van der Waals surface area (Å²) in [6.45, 7) is 0.741. The minimum Gasteiger partial charge on any atom is -0.508 e. The highest BCUT2D eigenvalue weighted by Crippen LogP contribution is 2.51. The molecule has 0 amide bonds. The molecule has 1 saturated carbocycles. The SMILES string of the molecule is O=C(C1=C(c2ccc(O)cc2)SC2C=C(O)C=CC12)c1ccc(OCC2CCCCC2)cc1. The van der Waals surface area contributed by atoms with Crippen LogP contribution < -0.4 is 4.74 Å². The van der Waals surface area contributed by atoms with E-state index in [0.29, 0.717) is 11.5 Å². The van der Waals surface area contributed by atoms with E-state index in [9.17, 15) is 15.0 Å². The van der Waals surface area contributed by atoms with Crippen LogP contribution in [0.2, 0.25) is 0 Å². The van der Waals surface area contributed by atoms with Crippen molar-refractivity contribution in [3.05, 3.63) is 89.2 Å². The summed E-state index contributed by atoms with van der Waals surface area (Å²) in [4.78, 5) is 14.6. The average Bonchev–Trinajstić information content (AvgIpc) is 3.22. The standard InChI is InChI=1S/C28H28O4S/c29-21-10-6-20(7-11-21)28-26(24-15-12-22(30)16-25(24)33-28)27(31)19-8-13-23(14-9-19)32-17-18-4-2-1-3-5-18/h6-16,18,24-25,29-30H,1-5,17H2. The van der Waals surface area contributed by atoms with Crippen molar-refractivity contribution in [2.75, 3.05) is 6.61 Å². The first-order valence-electron chi connectivity index (χ1n) is 11.7. The van der Waals surface area contributed by atoms with Crippen LogP contribution in [0.25, 0.3) is 4.91 Å². The molecule has 5 heteroatoms. The molecule has 4 nitrogen and oxygen atoms in total. The van der Waals surface area contributed by atoms with Gasteiger partial charge in [0.15, 0.2) is 5.78 Å². The summed E-state index contributed by atoms with van der Waals surface area (Å²) < 4.78 is 6.01. The number of Topliss-reactive ketones (excluding diaryl/α,β-unsaturated/α-hetero) is 1. The van der Waals surface area contributed by atoms with Crippen LogP contribution in [0.15, 0.2) is 78.1 Å². The predicted octanol–water partition coefficient (Wildman–Crippen LogP) is 6.69. The Morgan fingerprint density at radius 3 is 2.42 bits per heavy atom. The second-order valence-electron chi connectivity index (χ2n) is 9.02. The number of hydrogen-bond acceptors (Lipinski definition) is 5. The average molecular weight is 461 g/mol. The van der Waals surface area contributed by atoms with Gasteiger partial charge in [-0.15, -0.1) is 11.8 Å². The molecule has 2 N–H and O–H groups in total. The van der Waals surface area contributed by atoms with Gasteiger partial charge in [0, 0.05) is 27.2 Å². The minimum atomic E-state index is -0.107. The highest BCUT2D eigenvalue weighted by atomic mass is 32.2. The number of phenols is 1. The highest BCUT2D eigenvalue weighted by Gasteiger charge is 2.39. The van der Waals surface area contributed by atoms with Crippen molar-refractivity contribution in [1.29, 1.82) is 0 Å². The van der Waals surface area contributed by atoms with E-state index in [4.69, 9.17) is 4.74 Å². The lowest BCUT2D eigenvalue weighted by Crippen LogP contribution is -2.19. The fourth-order valence-corrected chi connectivity index (χ4v) is 6.36. The Hall–Kier alpha value is -2.92. The Kier molecular flexibility index (Phi) is 6.32. The van der Waals surface area contributed by atoms with Crippen LogP contribution >= 0.6 is 11.8 Å². The molecule has 3 aliphatic rings. The first-order valence-corrected chi connectivity index (χ1v) is 12.5. The Bertz CT molecular complexity index is 1110. The topological polar surface area (TPSA) is 66.8 Å². The molecule has 0 aromatic heterocycles. The molecule has 33 heavy (non-hydrogen) atoms. The third-order valence-electron chi connectivity index (χ3n) is 6.70. The lowest BCUT2D eigenvalue weighted by molar-refractivity contribution is 0.102. The number of hydrogen-bond donors (Lipinski definition) is 2. The second kappa shape index (κ2) is 9.52. The number of thioether (sulfide) groups is 1. The van der Waals surface area contributed by atoms with Crippen LogP contribution in [0.3, 0.4) is 0 Å². The van der Waals surface area contributed by atoms with Gasteiger partial charge in [-0.1, -0.05) is 37.5 Å². The van der Waals surface area contributed by atoms with Crippen molar-refractivity contribution in [1.82, 2.24) is 0 Å². The van der Waals surface area contributed by atoms with E-state index in [-0.39, 0.29) is 28.5 Å². The Balaban J connectivity index is 1.39. The van der Waals surface area contributed by atoms with Crippen molar-refractivity contribution in [2.45, 2.75) is 37.4 Å². The van der Waals surface area contributed by atoms with E-state index in [1.807, 2.05) is 42.5 Å². The maximum absolute atomic E-state index is 13.7. The zero-order valence-corrected chi connectivity index (χ0v) is 19.3. The number of carbonyl (C=O) groups is 1. The lowest BCUT2D eigenvalue weighted by Gasteiger charge is -2.21. The van der Waals surface area contributed by atoms with Crippen LogP contribution in [-0.2, 0) is 0 Å². The van der Waals surface area contributed by atoms with Gasteiger partial charge in [0.1, 0.15) is 17.3 Å². The summed E-state index contributed by atoms with van der Waals surface area (Å²) in [5.41, 5.74) is 2.25. The van der Waals surface area contributed by atoms with Gasteiger partial charge >= 0.3 is 0 Å². The molecule has 1 heterocycles. The first-order chi connectivity index (χ1) is 16.1. The highest BCUT2D eigenvalue weighted by molar-refractivity contribution is 8.09. The van der Waals surface area contributed by atoms with E-state index < -0.39 is 0 Å². The third-order valence-corrected chi connectivity index (χ3v) is 8.09. The first kappa shape index (κ1) is 21.9. The van der Waals surface area contributed by atoms with Crippen molar-refractivity contribution >= 4 is 22.5 Å². The van der Waals surface area contributed by atoms with Crippen molar-refractivity contribution in [2.24, 2.45) is 11.8 Å². The third kappa shape index (κ3) is 4.74. The van der Waals surface area contributed by atoms with Crippen LogP contribution in [0.1, 0.15) is 48.0 Å². The van der Waals surface area contributed by atoms with Crippen molar-refractivity contribution < 1.29 is 19.7 Å². The van der Waals surface area contributed by atoms with Gasteiger partial charge in [0.2, 0.25) is 0 Å². The van der Waals surface area contributed by atoms with E-state index in [0.717, 1.165) is 28.4 Å². The Morgan fingerprint density at radius 1 is 0.970 bits per heavy atom. The van der Waals surface area contributed by atoms with Crippen LogP contribution in [-0.4, -0.2) is 27.9 Å². The van der Waals surface area contributed by atoms with Crippen LogP contribution in [0.4, 0.5) is 0 Å². The number of aliphatic hydroxyl groups excluding tert-OH is 1. The fourth-order valence-electron chi connectivity index (χ4n) is 4.87. The van der Waals surface area contributed by atoms with Crippen LogP contribution in [0, 0.1) is 11.8 Å². The summed E-state index contributed by atoms with van der Waals surface area (Å²) in [6.07, 6.45) is 11.8. The largest absolute Gasteiger partial charge is 0.508 e. The predicted molar refractivity (Wildman–Crippen MR) is 133 cm³/mol. The normalized spacial score (nSPS) is 22.7. The van der Waals surface area contributed by atoms with Gasteiger partial charge < -0.3 is 14.9 Å².